The van der Waals surface area contributed by atoms with Crippen LogP contribution in [0.3, 0.4) is 0 Å². The van der Waals surface area contributed by atoms with Gasteiger partial charge in [0.05, 0.1) is 12.2 Å². The van der Waals surface area contributed by atoms with Crippen molar-refractivity contribution in [1.82, 2.24) is 0 Å². The molecule has 3 heteroatoms. The average Bonchev–Trinajstić information content (AvgIpc) is 2.23. The van der Waals surface area contributed by atoms with Crippen LogP contribution in [0.2, 0.25) is 0 Å². The van der Waals surface area contributed by atoms with Gasteiger partial charge in [-0.25, -0.2) is 0 Å². The summed E-state index contributed by atoms with van der Waals surface area (Å²) in [6, 6.07) is 3.87. The van der Waals surface area contributed by atoms with Gasteiger partial charge >= 0.3 is 0 Å². The van der Waals surface area contributed by atoms with E-state index in [4.69, 9.17) is 10.5 Å². The molecule has 1 unspecified atom stereocenters. The molecule has 3 N–H and O–H groups in total. The molecule has 0 heterocycles. The number of hydrogen-bond donors (Lipinski definition) is 2. The first-order valence-electron chi connectivity index (χ1n) is 5.62. The normalized spacial score (nSPS) is 12.9. The second kappa shape index (κ2) is 5.32. The summed E-state index contributed by atoms with van der Waals surface area (Å²) in [4.78, 5) is 0. The molecule has 1 aromatic carbocycles. The van der Waals surface area contributed by atoms with E-state index in [0.29, 0.717) is 0 Å². The summed E-state index contributed by atoms with van der Waals surface area (Å²) in [5.41, 5.74) is 8.49. The molecule has 0 aliphatic carbocycles. The second-order valence-corrected chi connectivity index (χ2v) is 4.34. The fraction of sp³-hybridized carbons (Fsp3) is 0.538. The van der Waals surface area contributed by atoms with Gasteiger partial charge < -0.3 is 15.6 Å². The minimum atomic E-state index is -0.659. The van der Waals surface area contributed by atoms with Crippen LogP contribution in [0.25, 0.3) is 0 Å². The molecule has 0 radical (unpaired) electrons. The third-order valence-electron chi connectivity index (χ3n) is 2.64. The summed E-state index contributed by atoms with van der Waals surface area (Å²) < 4.78 is 5.76. The molecule has 1 aromatic rings. The SMILES string of the molecule is Cc1ccc(C(O)CN)c(OC(C)C)c1C. The Morgan fingerprint density at radius 1 is 1.31 bits per heavy atom. The van der Waals surface area contributed by atoms with E-state index in [1.807, 2.05) is 39.8 Å². The van der Waals surface area contributed by atoms with Crippen molar-refractivity contribution in [2.75, 3.05) is 6.54 Å². The van der Waals surface area contributed by atoms with Gasteiger partial charge in [0.25, 0.3) is 0 Å². The van der Waals surface area contributed by atoms with Crippen LogP contribution < -0.4 is 10.5 Å². The first-order valence-corrected chi connectivity index (χ1v) is 5.62. The number of aryl methyl sites for hydroxylation is 1. The zero-order valence-electron chi connectivity index (χ0n) is 10.4. The van der Waals surface area contributed by atoms with Crippen molar-refractivity contribution in [3.8, 4) is 5.75 Å². The highest BCUT2D eigenvalue weighted by atomic mass is 16.5. The predicted molar refractivity (Wildman–Crippen MR) is 65.7 cm³/mol. The molecule has 0 aliphatic rings. The molecule has 0 amide bonds. The van der Waals surface area contributed by atoms with Crippen molar-refractivity contribution in [2.24, 2.45) is 5.73 Å². The van der Waals surface area contributed by atoms with Gasteiger partial charge in [-0.2, -0.15) is 0 Å². The molecule has 3 nitrogen and oxygen atoms in total. The van der Waals surface area contributed by atoms with Gasteiger partial charge in [-0.3, -0.25) is 0 Å². The quantitative estimate of drug-likeness (QED) is 0.821. The highest BCUT2D eigenvalue weighted by molar-refractivity contribution is 5.46. The summed E-state index contributed by atoms with van der Waals surface area (Å²) >= 11 is 0. The molecule has 0 spiro atoms. The Bertz CT molecular complexity index is 361. The Labute approximate surface area is 97.2 Å². The highest BCUT2D eigenvalue weighted by Crippen LogP contribution is 2.31. The van der Waals surface area contributed by atoms with Crippen LogP contribution in [0.4, 0.5) is 0 Å². The van der Waals surface area contributed by atoms with E-state index in [1.54, 1.807) is 0 Å². The minimum absolute atomic E-state index is 0.0872. The van der Waals surface area contributed by atoms with Gasteiger partial charge in [0.15, 0.2) is 0 Å². The lowest BCUT2D eigenvalue weighted by Crippen LogP contribution is -2.16. The molecular weight excluding hydrogens is 202 g/mol. The van der Waals surface area contributed by atoms with E-state index in [9.17, 15) is 5.11 Å². The Morgan fingerprint density at radius 2 is 1.94 bits per heavy atom. The van der Waals surface area contributed by atoms with Crippen LogP contribution in [0, 0.1) is 13.8 Å². The van der Waals surface area contributed by atoms with Crippen LogP contribution in [0.1, 0.15) is 36.6 Å². The third-order valence-corrected chi connectivity index (χ3v) is 2.64. The lowest BCUT2D eigenvalue weighted by Gasteiger charge is -2.20. The van der Waals surface area contributed by atoms with E-state index < -0.39 is 6.10 Å². The number of aliphatic hydroxyl groups is 1. The fourth-order valence-corrected chi connectivity index (χ4v) is 1.59. The number of ether oxygens (including phenoxy) is 1. The first-order chi connectivity index (χ1) is 7.47. The molecule has 0 aromatic heterocycles. The van der Waals surface area contributed by atoms with Crippen molar-refractivity contribution in [3.05, 3.63) is 28.8 Å². The number of nitrogens with two attached hydrogens (primary N) is 1. The van der Waals surface area contributed by atoms with E-state index in [1.165, 1.54) is 0 Å². The number of benzene rings is 1. The van der Waals surface area contributed by atoms with Crippen LogP contribution in [-0.4, -0.2) is 17.8 Å². The number of aliphatic hydroxyl groups excluding tert-OH is 1. The summed E-state index contributed by atoms with van der Waals surface area (Å²) in [6.07, 6.45) is -0.572. The zero-order chi connectivity index (χ0) is 12.3. The smallest absolute Gasteiger partial charge is 0.128 e. The van der Waals surface area contributed by atoms with Gasteiger partial charge in [-0.1, -0.05) is 12.1 Å². The molecule has 0 bridgehead atoms. The van der Waals surface area contributed by atoms with E-state index in [2.05, 4.69) is 0 Å². The zero-order valence-corrected chi connectivity index (χ0v) is 10.4. The van der Waals surface area contributed by atoms with Crippen LogP contribution in [0.15, 0.2) is 12.1 Å². The van der Waals surface area contributed by atoms with Gasteiger partial charge in [0.2, 0.25) is 0 Å². The van der Waals surface area contributed by atoms with Crippen LogP contribution >= 0.6 is 0 Å². The maximum atomic E-state index is 9.83. The maximum absolute atomic E-state index is 9.83. The molecule has 0 saturated heterocycles. The van der Waals surface area contributed by atoms with Crippen molar-refractivity contribution in [3.63, 3.8) is 0 Å². The Balaban J connectivity index is 3.21. The highest BCUT2D eigenvalue weighted by Gasteiger charge is 2.16. The fourth-order valence-electron chi connectivity index (χ4n) is 1.59. The number of rotatable bonds is 4. The largest absolute Gasteiger partial charge is 0.490 e. The third kappa shape index (κ3) is 2.74. The summed E-state index contributed by atoms with van der Waals surface area (Å²) in [7, 11) is 0. The van der Waals surface area contributed by atoms with Crippen molar-refractivity contribution < 1.29 is 9.84 Å². The molecule has 16 heavy (non-hydrogen) atoms. The Hall–Kier alpha value is -1.06. The van der Waals surface area contributed by atoms with Gasteiger partial charge in [-0.05, 0) is 38.8 Å². The second-order valence-electron chi connectivity index (χ2n) is 4.34. The Kier molecular flexibility index (Phi) is 4.33. The monoisotopic (exact) mass is 223 g/mol. The minimum Gasteiger partial charge on any atom is -0.490 e. The van der Waals surface area contributed by atoms with Crippen molar-refractivity contribution in [2.45, 2.75) is 39.9 Å². The van der Waals surface area contributed by atoms with Crippen LogP contribution in [0.5, 0.6) is 5.75 Å². The van der Waals surface area contributed by atoms with Crippen molar-refractivity contribution in [1.29, 1.82) is 0 Å². The van der Waals surface area contributed by atoms with Gasteiger partial charge in [0, 0.05) is 12.1 Å². The summed E-state index contributed by atoms with van der Waals surface area (Å²) in [5, 5.41) is 9.83. The molecule has 0 aliphatic heterocycles. The van der Waals surface area contributed by atoms with Crippen LogP contribution in [-0.2, 0) is 0 Å². The standard InChI is InChI=1S/C13H21NO2/c1-8(2)16-13-10(4)9(3)5-6-11(13)12(15)7-14/h5-6,8,12,15H,7,14H2,1-4H3. The molecule has 90 valence electrons. The molecule has 1 rings (SSSR count). The molecular formula is C13H21NO2. The number of hydrogen-bond acceptors (Lipinski definition) is 3. The lowest BCUT2D eigenvalue weighted by molar-refractivity contribution is 0.172. The topological polar surface area (TPSA) is 55.5 Å². The van der Waals surface area contributed by atoms with E-state index >= 15 is 0 Å². The molecule has 0 saturated carbocycles. The summed E-state index contributed by atoms with van der Waals surface area (Å²) in [5.74, 6) is 0.771. The van der Waals surface area contributed by atoms with Gasteiger partial charge in [0.1, 0.15) is 5.75 Å². The summed E-state index contributed by atoms with van der Waals surface area (Å²) in [6.45, 7) is 8.18. The molecule has 0 fully saturated rings. The first kappa shape index (κ1) is 13.0. The average molecular weight is 223 g/mol. The van der Waals surface area contributed by atoms with E-state index in [-0.39, 0.29) is 12.6 Å². The Morgan fingerprint density at radius 3 is 2.44 bits per heavy atom. The van der Waals surface area contributed by atoms with Gasteiger partial charge in [-0.15, -0.1) is 0 Å². The van der Waals surface area contributed by atoms with E-state index in [0.717, 1.165) is 22.4 Å². The molecule has 1 atom stereocenters. The van der Waals surface area contributed by atoms with Crippen molar-refractivity contribution >= 4 is 0 Å². The predicted octanol–water partition coefficient (Wildman–Crippen LogP) is 2.08. The lowest BCUT2D eigenvalue weighted by atomic mass is 10.0. The maximum Gasteiger partial charge on any atom is 0.128 e.